The molecule has 0 saturated carbocycles. The zero-order valence-electron chi connectivity index (χ0n) is 30.9. The van der Waals surface area contributed by atoms with Gasteiger partial charge in [0.05, 0.1) is 46.7 Å². The van der Waals surface area contributed by atoms with E-state index in [1.165, 1.54) is 0 Å². The van der Waals surface area contributed by atoms with Crippen molar-refractivity contribution in [3.63, 3.8) is 0 Å². The van der Waals surface area contributed by atoms with E-state index < -0.39 is 5.91 Å². The van der Waals surface area contributed by atoms with E-state index in [4.69, 9.17) is 15.5 Å². The fourth-order valence-electron chi connectivity index (χ4n) is 6.85. The topological polar surface area (TPSA) is 185 Å². The van der Waals surface area contributed by atoms with Gasteiger partial charge in [0, 0.05) is 51.4 Å². The van der Waals surface area contributed by atoms with E-state index in [0.717, 1.165) is 41.1 Å². The molecule has 6 aromatic rings. The molecule has 7 rings (SSSR count). The molecule has 4 aromatic heterocycles. The quantitative estimate of drug-likeness (QED) is 0.147. The predicted octanol–water partition coefficient (Wildman–Crippen LogP) is 4.13. The highest BCUT2D eigenvalue weighted by Crippen LogP contribution is 2.27. The summed E-state index contributed by atoms with van der Waals surface area (Å²) in [6.45, 7) is 13.1. The van der Waals surface area contributed by atoms with Gasteiger partial charge in [-0.2, -0.15) is 10.2 Å². The van der Waals surface area contributed by atoms with Crippen LogP contribution in [0.3, 0.4) is 0 Å². The normalized spacial score (nSPS) is 13.7. The number of rotatable bonds is 13. The molecule has 5 heterocycles. The van der Waals surface area contributed by atoms with Crippen LogP contribution in [0.5, 0.6) is 0 Å². The summed E-state index contributed by atoms with van der Waals surface area (Å²) >= 11 is 0. The third-order valence-electron chi connectivity index (χ3n) is 9.44. The number of imidazole rings is 2. The summed E-state index contributed by atoms with van der Waals surface area (Å²) in [7, 11) is 0. The second-order valence-corrected chi connectivity index (χ2v) is 13.2. The molecule has 0 atom stereocenters. The van der Waals surface area contributed by atoms with Crippen molar-refractivity contribution in [1.29, 1.82) is 0 Å². The van der Waals surface area contributed by atoms with E-state index in [1.54, 1.807) is 39.7 Å². The number of hydrogen-bond donors (Lipinski definition) is 3. The number of carbonyl (C=O) groups is 3. The number of allylic oxidation sites excluding steroid dienone is 2. The molecule has 1 fully saturated rings. The van der Waals surface area contributed by atoms with Crippen LogP contribution in [-0.2, 0) is 37.5 Å². The highest BCUT2D eigenvalue weighted by atomic mass is 16.5. The molecule has 0 spiro atoms. The Labute approximate surface area is 311 Å². The van der Waals surface area contributed by atoms with Gasteiger partial charge < -0.3 is 19.6 Å². The first-order valence-electron chi connectivity index (χ1n) is 18.1. The van der Waals surface area contributed by atoms with Crippen LogP contribution >= 0.6 is 0 Å². The molecule has 1 saturated heterocycles. The maximum Gasteiger partial charge on any atom is 0.276 e. The Morgan fingerprint density at radius 1 is 0.796 bits per heavy atom. The largest absolute Gasteiger partial charge is 0.379 e. The van der Waals surface area contributed by atoms with E-state index in [0.29, 0.717) is 85.8 Å². The number of hydrogen-bond acceptors (Lipinski definition) is 9. The Bertz CT molecular complexity index is 2390. The van der Waals surface area contributed by atoms with Gasteiger partial charge in [-0.15, -0.1) is 0 Å². The fourth-order valence-corrected chi connectivity index (χ4v) is 6.85. The number of anilines is 2. The maximum absolute atomic E-state index is 13.6. The van der Waals surface area contributed by atoms with Crippen LogP contribution in [0.1, 0.15) is 62.1 Å². The lowest BCUT2D eigenvalue weighted by molar-refractivity contribution is 0.0343. The second-order valence-electron chi connectivity index (χ2n) is 13.2. The van der Waals surface area contributed by atoms with Crippen LogP contribution in [0.2, 0.25) is 0 Å². The average Bonchev–Trinajstić information content (AvgIpc) is 3.92. The number of benzene rings is 2. The van der Waals surface area contributed by atoms with Crippen LogP contribution in [0, 0.1) is 13.8 Å². The van der Waals surface area contributed by atoms with Crippen molar-refractivity contribution >= 4 is 51.7 Å². The zero-order chi connectivity index (χ0) is 37.9. The Balaban J connectivity index is 1.22. The highest BCUT2D eigenvalue weighted by molar-refractivity contribution is 6.04. The van der Waals surface area contributed by atoms with Gasteiger partial charge in [0.25, 0.3) is 11.8 Å². The number of nitrogens with two attached hydrogens (primary N) is 1. The van der Waals surface area contributed by atoms with Crippen molar-refractivity contribution in [3.8, 4) is 0 Å². The molecule has 0 unspecified atom stereocenters. The first-order chi connectivity index (χ1) is 26.1. The molecule has 0 bridgehead atoms. The summed E-state index contributed by atoms with van der Waals surface area (Å²) in [5.41, 5.74) is 12.2. The van der Waals surface area contributed by atoms with Crippen molar-refractivity contribution in [2.75, 3.05) is 36.9 Å². The summed E-state index contributed by atoms with van der Waals surface area (Å²) in [5.74, 6) is -0.506. The number of aryl methyl sites for hydroxylation is 4. The van der Waals surface area contributed by atoms with Crippen molar-refractivity contribution in [3.05, 3.63) is 94.6 Å². The average molecular weight is 733 g/mol. The Morgan fingerprint density at radius 3 is 2.00 bits per heavy atom. The predicted molar refractivity (Wildman–Crippen MR) is 204 cm³/mol. The number of carbonyl (C=O) groups excluding carboxylic acids is 3. The highest BCUT2D eigenvalue weighted by Gasteiger charge is 2.22. The van der Waals surface area contributed by atoms with Gasteiger partial charge in [-0.05, 0) is 69.7 Å². The summed E-state index contributed by atoms with van der Waals surface area (Å²) in [4.78, 5) is 51.0. The van der Waals surface area contributed by atoms with Crippen LogP contribution in [0.25, 0.3) is 22.1 Å². The fraction of sp³-hybridized carbons (Fsp3) is 0.342. The van der Waals surface area contributed by atoms with E-state index in [2.05, 4.69) is 36.8 Å². The third kappa shape index (κ3) is 7.38. The summed E-state index contributed by atoms with van der Waals surface area (Å²) in [6.07, 6.45) is 3.96. The number of nitrogens with one attached hydrogen (secondary N) is 2. The van der Waals surface area contributed by atoms with Gasteiger partial charge >= 0.3 is 0 Å². The number of amides is 3. The van der Waals surface area contributed by atoms with E-state index in [-0.39, 0.29) is 11.8 Å². The van der Waals surface area contributed by atoms with Crippen molar-refractivity contribution in [2.45, 2.75) is 60.4 Å². The molecule has 4 N–H and O–H groups in total. The molecule has 280 valence electrons. The van der Waals surface area contributed by atoms with Crippen molar-refractivity contribution in [2.24, 2.45) is 5.73 Å². The Hall–Kier alpha value is -6.13. The summed E-state index contributed by atoms with van der Waals surface area (Å²) in [6, 6.07) is 14.6. The minimum atomic E-state index is -0.572. The first kappa shape index (κ1) is 36.2. The summed E-state index contributed by atoms with van der Waals surface area (Å²) < 4.78 is 12.8. The number of fused-ring (bicyclic) bond motifs is 2. The van der Waals surface area contributed by atoms with E-state index in [1.807, 2.05) is 61.1 Å². The molecule has 0 aliphatic carbocycles. The molecule has 0 radical (unpaired) electrons. The minimum Gasteiger partial charge on any atom is -0.379 e. The van der Waals surface area contributed by atoms with Gasteiger partial charge in [0.15, 0.2) is 0 Å². The lowest BCUT2D eigenvalue weighted by Crippen LogP contribution is -2.35. The number of aromatic nitrogens is 8. The van der Waals surface area contributed by atoms with Gasteiger partial charge in [0.1, 0.15) is 11.4 Å². The number of para-hydroxylation sites is 1. The number of primary amides is 1. The van der Waals surface area contributed by atoms with Gasteiger partial charge in [-0.1, -0.05) is 24.3 Å². The maximum atomic E-state index is 13.6. The first-order valence-corrected chi connectivity index (χ1v) is 18.1. The third-order valence-corrected chi connectivity index (χ3v) is 9.44. The lowest BCUT2D eigenvalue weighted by atomic mass is 10.1. The van der Waals surface area contributed by atoms with Crippen LogP contribution in [-0.4, -0.2) is 87.6 Å². The molecule has 16 nitrogen and oxygen atoms in total. The molecule has 3 amide bonds. The van der Waals surface area contributed by atoms with Gasteiger partial charge in [-0.3, -0.25) is 39.3 Å². The van der Waals surface area contributed by atoms with Crippen LogP contribution < -0.4 is 16.4 Å². The molecule has 2 aromatic carbocycles. The smallest absolute Gasteiger partial charge is 0.276 e. The number of morpholine rings is 1. The lowest BCUT2D eigenvalue weighted by Gasteiger charge is -2.27. The van der Waals surface area contributed by atoms with Crippen LogP contribution in [0.4, 0.5) is 11.9 Å². The Kier molecular flexibility index (Phi) is 10.4. The van der Waals surface area contributed by atoms with Gasteiger partial charge in [-0.25, -0.2) is 9.97 Å². The van der Waals surface area contributed by atoms with Crippen molar-refractivity contribution < 1.29 is 19.1 Å². The molecule has 1 aliphatic heterocycles. The van der Waals surface area contributed by atoms with Crippen LogP contribution in [0.15, 0.2) is 60.7 Å². The monoisotopic (exact) mass is 732 g/mol. The van der Waals surface area contributed by atoms with E-state index >= 15 is 0 Å². The Morgan fingerprint density at radius 2 is 1.39 bits per heavy atom. The van der Waals surface area contributed by atoms with E-state index in [9.17, 15) is 14.4 Å². The van der Waals surface area contributed by atoms with Gasteiger partial charge in [0.2, 0.25) is 17.8 Å². The molecular weight excluding hydrogens is 688 g/mol. The number of nitrogens with zero attached hydrogens (tertiary/aromatic N) is 9. The minimum absolute atomic E-state index is 0.298. The molecule has 1 aliphatic rings. The molecule has 16 heteroatoms. The zero-order valence-corrected chi connectivity index (χ0v) is 30.9. The second kappa shape index (κ2) is 15.5. The number of ether oxygens (including phenoxy) is 1. The standard InChI is InChI=1S/C38H44N12O4/c1-5-49-31(20-24(3)44-49)35(52)42-37-41-29-22-26(34(39)51)12-13-30(29)47(37)14-7-8-15-48-33-27(23-46-16-18-54-19-17-46)10-9-11-28(33)40-38(48)43-36(53)32-21-25(4)45-50(32)6-2/h7-13,20-22H,5-6,14-19,23H2,1-4H3,(H2,39,51)(H,40,43,53)(H,41,42,52)/b8-7+. The SMILES string of the molecule is CCn1nc(C)cc1C(=O)Nc1nc2cc(C(N)=O)ccc2n1C/C=C/Cn1c(NC(=O)c2cc(C)nn2CC)nc2cccc(CN3CCOCC3)c21. The van der Waals surface area contributed by atoms with Crippen molar-refractivity contribution in [1.82, 2.24) is 43.6 Å². The molecular formula is C38H44N12O4. The summed E-state index contributed by atoms with van der Waals surface area (Å²) in [5, 5.41) is 14.9. The molecule has 54 heavy (non-hydrogen) atoms.